The molecule has 0 bridgehead atoms. The summed E-state index contributed by atoms with van der Waals surface area (Å²) >= 11 is 0. The first-order valence-corrected chi connectivity index (χ1v) is 7.35. The van der Waals surface area contributed by atoms with Gasteiger partial charge in [-0.15, -0.1) is 24.0 Å². The number of nitrogens with zero attached hydrogens (tertiary/aromatic N) is 3. The van der Waals surface area contributed by atoms with E-state index in [0.717, 1.165) is 19.0 Å². The topological polar surface area (TPSA) is 18.8 Å². The third-order valence-corrected chi connectivity index (χ3v) is 3.93. The van der Waals surface area contributed by atoms with Crippen molar-refractivity contribution in [1.82, 2.24) is 9.80 Å². The quantitative estimate of drug-likeness (QED) is 0.724. The van der Waals surface area contributed by atoms with Gasteiger partial charge in [-0.25, -0.2) is 4.99 Å². The van der Waals surface area contributed by atoms with Crippen LogP contribution in [-0.4, -0.2) is 42.9 Å². The highest BCUT2D eigenvalue weighted by Crippen LogP contribution is 2.27. The number of benzene rings is 2. The monoisotopic (exact) mass is 407 g/mol. The zero-order valence-corrected chi connectivity index (χ0v) is 15.3. The second-order valence-corrected chi connectivity index (χ2v) is 5.50. The van der Waals surface area contributed by atoms with Crippen LogP contribution in [0.25, 0.3) is 0 Å². The van der Waals surface area contributed by atoms with Crippen molar-refractivity contribution in [3.05, 3.63) is 71.8 Å². The van der Waals surface area contributed by atoms with E-state index in [4.69, 9.17) is 4.99 Å². The normalized spacial score (nSPS) is 14.2. The molecule has 0 N–H and O–H groups in total. The fraction of sp³-hybridized carbons (Fsp3) is 0.278. The molecular formula is C18H22IN3. The number of hydrogen-bond acceptors (Lipinski definition) is 1. The summed E-state index contributed by atoms with van der Waals surface area (Å²) in [5, 5.41) is 0. The molecule has 0 unspecified atom stereocenters. The summed E-state index contributed by atoms with van der Waals surface area (Å²) < 4.78 is 0. The molecule has 1 fully saturated rings. The fourth-order valence-electron chi connectivity index (χ4n) is 2.72. The Bertz CT molecular complexity index is 561. The van der Waals surface area contributed by atoms with Crippen LogP contribution in [0.3, 0.4) is 0 Å². The Hall–Kier alpha value is -1.56. The van der Waals surface area contributed by atoms with Gasteiger partial charge < -0.3 is 9.80 Å². The van der Waals surface area contributed by atoms with Crippen LogP contribution < -0.4 is 0 Å². The molecule has 0 atom stereocenters. The second-order valence-electron chi connectivity index (χ2n) is 5.50. The Labute approximate surface area is 149 Å². The Kier molecular flexibility index (Phi) is 5.83. The number of hydrogen-bond donors (Lipinski definition) is 0. The van der Waals surface area contributed by atoms with Gasteiger partial charge in [-0.3, -0.25) is 0 Å². The average molecular weight is 407 g/mol. The first-order valence-electron chi connectivity index (χ1n) is 7.35. The molecule has 4 heteroatoms. The van der Waals surface area contributed by atoms with Gasteiger partial charge in [0.2, 0.25) is 0 Å². The summed E-state index contributed by atoms with van der Waals surface area (Å²) in [6.07, 6.45) is 0. The highest BCUT2D eigenvalue weighted by molar-refractivity contribution is 14.0. The molecule has 2 aromatic rings. The molecular weight excluding hydrogens is 385 g/mol. The van der Waals surface area contributed by atoms with Crippen LogP contribution in [0.2, 0.25) is 0 Å². The molecule has 1 aliphatic rings. The van der Waals surface area contributed by atoms with Crippen molar-refractivity contribution in [2.24, 2.45) is 4.99 Å². The minimum absolute atomic E-state index is 0. The molecule has 116 valence electrons. The maximum absolute atomic E-state index is 5.05. The minimum atomic E-state index is 0. The molecule has 0 radical (unpaired) electrons. The van der Waals surface area contributed by atoms with Crippen LogP contribution in [0.4, 0.5) is 0 Å². The third kappa shape index (κ3) is 3.61. The van der Waals surface area contributed by atoms with E-state index in [-0.39, 0.29) is 30.0 Å². The maximum atomic E-state index is 5.05. The van der Waals surface area contributed by atoms with E-state index in [1.807, 2.05) is 12.1 Å². The Morgan fingerprint density at radius 1 is 0.773 bits per heavy atom. The molecule has 2 aromatic carbocycles. The number of halogens is 1. The molecule has 0 saturated carbocycles. The maximum Gasteiger partial charge on any atom is 0.197 e. The average Bonchev–Trinajstić information content (AvgIpc) is 2.85. The van der Waals surface area contributed by atoms with Gasteiger partial charge in [0, 0.05) is 27.2 Å². The Morgan fingerprint density at radius 2 is 1.18 bits per heavy atom. The van der Waals surface area contributed by atoms with E-state index in [1.54, 1.807) is 0 Å². The molecule has 0 amide bonds. The Balaban J connectivity index is 0.00000176. The van der Waals surface area contributed by atoms with Crippen molar-refractivity contribution < 1.29 is 0 Å². The van der Waals surface area contributed by atoms with Crippen LogP contribution in [0.5, 0.6) is 0 Å². The third-order valence-electron chi connectivity index (χ3n) is 3.93. The van der Waals surface area contributed by atoms with Gasteiger partial charge in [0.25, 0.3) is 0 Å². The second kappa shape index (κ2) is 7.63. The summed E-state index contributed by atoms with van der Waals surface area (Å²) in [5.74, 6) is 1.06. The van der Waals surface area contributed by atoms with Gasteiger partial charge >= 0.3 is 0 Å². The summed E-state index contributed by atoms with van der Waals surface area (Å²) in [7, 11) is 4.21. The summed E-state index contributed by atoms with van der Waals surface area (Å²) in [6, 6.07) is 21.0. The zero-order chi connectivity index (χ0) is 14.7. The van der Waals surface area contributed by atoms with Crippen molar-refractivity contribution in [2.75, 3.05) is 27.2 Å². The standard InChI is InChI=1S/C18H21N3.HI/c1-20-13-14-21(2)18(20)19-17(15-9-5-3-6-10-15)16-11-7-4-8-12-16;/h3-12,17H,13-14H2,1-2H3;1H. The van der Waals surface area contributed by atoms with Crippen molar-refractivity contribution in [3.8, 4) is 0 Å². The summed E-state index contributed by atoms with van der Waals surface area (Å²) in [5.41, 5.74) is 2.45. The first-order chi connectivity index (χ1) is 10.3. The van der Waals surface area contributed by atoms with Gasteiger partial charge in [0.05, 0.1) is 0 Å². The number of aliphatic imine (C=N–C) groups is 1. The lowest BCUT2D eigenvalue weighted by Gasteiger charge is -2.21. The van der Waals surface area contributed by atoms with Crippen molar-refractivity contribution >= 4 is 29.9 Å². The minimum Gasteiger partial charge on any atom is -0.344 e. The van der Waals surface area contributed by atoms with E-state index in [1.165, 1.54) is 11.1 Å². The van der Waals surface area contributed by atoms with Crippen LogP contribution >= 0.6 is 24.0 Å². The van der Waals surface area contributed by atoms with E-state index in [2.05, 4.69) is 72.4 Å². The van der Waals surface area contributed by atoms with Gasteiger partial charge in [-0.1, -0.05) is 60.7 Å². The van der Waals surface area contributed by atoms with E-state index >= 15 is 0 Å². The Morgan fingerprint density at radius 3 is 1.59 bits per heavy atom. The molecule has 3 rings (SSSR count). The first kappa shape index (κ1) is 16.8. The summed E-state index contributed by atoms with van der Waals surface area (Å²) in [4.78, 5) is 9.49. The molecule has 22 heavy (non-hydrogen) atoms. The molecule has 0 aromatic heterocycles. The predicted molar refractivity (Wildman–Crippen MR) is 103 cm³/mol. The van der Waals surface area contributed by atoms with Gasteiger partial charge in [-0.2, -0.15) is 0 Å². The lowest BCUT2D eigenvalue weighted by molar-refractivity contribution is 0.553. The smallest absolute Gasteiger partial charge is 0.197 e. The largest absolute Gasteiger partial charge is 0.344 e. The van der Waals surface area contributed by atoms with Crippen LogP contribution in [0, 0.1) is 0 Å². The number of likely N-dealkylation sites (N-methyl/N-ethyl adjacent to an activating group) is 2. The lowest BCUT2D eigenvalue weighted by Crippen LogP contribution is -2.29. The van der Waals surface area contributed by atoms with Crippen LogP contribution in [-0.2, 0) is 0 Å². The van der Waals surface area contributed by atoms with E-state index in [9.17, 15) is 0 Å². The highest BCUT2D eigenvalue weighted by atomic mass is 127. The van der Waals surface area contributed by atoms with Crippen LogP contribution in [0.15, 0.2) is 65.7 Å². The molecule has 1 saturated heterocycles. The van der Waals surface area contributed by atoms with Gasteiger partial charge in [-0.05, 0) is 11.1 Å². The SMILES string of the molecule is CN1CCN(C)C1=NC(c1ccccc1)c1ccccc1.I. The van der Waals surface area contributed by atoms with Crippen molar-refractivity contribution in [3.63, 3.8) is 0 Å². The summed E-state index contributed by atoms with van der Waals surface area (Å²) in [6.45, 7) is 2.07. The zero-order valence-electron chi connectivity index (χ0n) is 13.0. The molecule has 0 aliphatic carbocycles. The van der Waals surface area contributed by atoms with Crippen LogP contribution in [0.1, 0.15) is 17.2 Å². The highest BCUT2D eigenvalue weighted by Gasteiger charge is 2.22. The lowest BCUT2D eigenvalue weighted by atomic mass is 9.99. The fourth-order valence-corrected chi connectivity index (χ4v) is 2.72. The van der Waals surface area contributed by atoms with Gasteiger partial charge in [0.1, 0.15) is 6.04 Å². The van der Waals surface area contributed by atoms with E-state index in [0.29, 0.717) is 0 Å². The van der Waals surface area contributed by atoms with Crippen molar-refractivity contribution in [1.29, 1.82) is 0 Å². The van der Waals surface area contributed by atoms with Crippen molar-refractivity contribution in [2.45, 2.75) is 6.04 Å². The molecule has 3 nitrogen and oxygen atoms in total. The molecule has 1 aliphatic heterocycles. The predicted octanol–water partition coefficient (Wildman–Crippen LogP) is 3.63. The molecule has 1 heterocycles. The van der Waals surface area contributed by atoms with E-state index < -0.39 is 0 Å². The molecule has 0 spiro atoms. The number of guanidine groups is 1. The van der Waals surface area contributed by atoms with Gasteiger partial charge in [0.15, 0.2) is 5.96 Å². The number of rotatable bonds is 3.